The molecule has 1 amide bonds. The van der Waals surface area contributed by atoms with Gasteiger partial charge in [0.1, 0.15) is 6.04 Å². The number of benzene rings is 1. The molecule has 0 fully saturated rings. The van der Waals surface area contributed by atoms with Crippen molar-refractivity contribution in [2.45, 2.75) is 18.9 Å². The van der Waals surface area contributed by atoms with E-state index in [0.717, 1.165) is 28.9 Å². The molecule has 0 saturated carbocycles. The third-order valence-corrected chi connectivity index (χ3v) is 4.69. The maximum Gasteiger partial charge on any atom is 0.320 e. The van der Waals surface area contributed by atoms with Crippen molar-refractivity contribution in [2.75, 3.05) is 6.54 Å². The van der Waals surface area contributed by atoms with Gasteiger partial charge in [-0.25, -0.2) is 9.97 Å². The van der Waals surface area contributed by atoms with Crippen molar-refractivity contribution in [1.29, 1.82) is 0 Å². The number of carbonyl (C=O) groups excluding carboxylic acids is 1. The van der Waals surface area contributed by atoms with Gasteiger partial charge in [0.15, 0.2) is 5.82 Å². The van der Waals surface area contributed by atoms with Gasteiger partial charge in [-0.15, -0.1) is 0 Å². The topological polar surface area (TPSA) is 134 Å². The van der Waals surface area contributed by atoms with Crippen molar-refractivity contribution in [3.05, 3.63) is 59.4 Å². The SMILES string of the molecule is NC(Cc1cccc(-c2nccc(-c3cc4c([nH]3)CCNC4=O)n2)c1)C(=O)O. The van der Waals surface area contributed by atoms with Crippen LogP contribution in [0.3, 0.4) is 0 Å². The van der Waals surface area contributed by atoms with Gasteiger partial charge < -0.3 is 21.1 Å². The lowest BCUT2D eigenvalue weighted by Gasteiger charge is -2.10. The smallest absolute Gasteiger partial charge is 0.320 e. The predicted octanol–water partition coefficient (Wildman–Crippen LogP) is 1.38. The molecule has 1 atom stereocenters. The Morgan fingerprint density at radius 2 is 2.14 bits per heavy atom. The van der Waals surface area contributed by atoms with E-state index in [1.165, 1.54) is 0 Å². The lowest BCUT2D eigenvalue weighted by Crippen LogP contribution is -2.32. The first-order valence-corrected chi connectivity index (χ1v) is 8.92. The first-order chi connectivity index (χ1) is 13.5. The highest BCUT2D eigenvalue weighted by Gasteiger charge is 2.20. The predicted molar refractivity (Wildman–Crippen MR) is 103 cm³/mol. The first-order valence-electron chi connectivity index (χ1n) is 8.92. The molecule has 28 heavy (non-hydrogen) atoms. The average Bonchev–Trinajstić information content (AvgIpc) is 3.14. The van der Waals surface area contributed by atoms with Crippen LogP contribution in [0.4, 0.5) is 0 Å². The van der Waals surface area contributed by atoms with E-state index in [-0.39, 0.29) is 12.3 Å². The molecule has 0 bridgehead atoms. The van der Waals surface area contributed by atoms with Crippen LogP contribution in [0.15, 0.2) is 42.6 Å². The van der Waals surface area contributed by atoms with Gasteiger partial charge in [-0.05, 0) is 30.2 Å². The summed E-state index contributed by atoms with van der Waals surface area (Å²) in [6.45, 7) is 0.617. The molecule has 0 radical (unpaired) electrons. The Bertz CT molecular complexity index is 1060. The number of nitrogens with one attached hydrogen (secondary N) is 2. The Labute approximate surface area is 160 Å². The molecule has 1 unspecified atom stereocenters. The number of carbonyl (C=O) groups is 2. The summed E-state index contributed by atoms with van der Waals surface area (Å²) in [4.78, 5) is 35.2. The Balaban J connectivity index is 1.65. The number of carboxylic acid groups (broad SMARTS) is 1. The zero-order valence-corrected chi connectivity index (χ0v) is 15.0. The van der Waals surface area contributed by atoms with Gasteiger partial charge in [0.25, 0.3) is 5.91 Å². The number of aliphatic carboxylic acids is 1. The molecule has 1 aliphatic heterocycles. The molecule has 0 aliphatic carbocycles. The molecule has 142 valence electrons. The highest BCUT2D eigenvalue weighted by molar-refractivity contribution is 5.97. The van der Waals surface area contributed by atoms with E-state index in [1.807, 2.05) is 24.3 Å². The molecule has 1 aromatic carbocycles. The van der Waals surface area contributed by atoms with Crippen LogP contribution >= 0.6 is 0 Å². The fourth-order valence-electron chi connectivity index (χ4n) is 3.26. The zero-order chi connectivity index (χ0) is 19.7. The second-order valence-corrected chi connectivity index (χ2v) is 6.70. The van der Waals surface area contributed by atoms with Gasteiger partial charge in [0.05, 0.1) is 17.0 Å². The summed E-state index contributed by atoms with van der Waals surface area (Å²) in [6.07, 6.45) is 2.64. The standard InChI is InChI=1S/C20H19N5O3/c21-14(20(27)28)9-11-2-1-3-12(8-11)18-22-6-5-16(25-18)17-10-13-15(24-17)4-7-23-19(13)26/h1-3,5-6,8,10,14,24H,4,7,9,21H2,(H,23,26)(H,27,28). The maximum absolute atomic E-state index is 12.0. The Morgan fingerprint density at radius 1 is 1.29 bits per heavy atom. The Hall–Kier alpha value is -3.52. The Kier molecular flexibility index (Phi) is 4.62. The summed E-state index contributed by atoms with van der Waals surface area (Å²) in [5.41, 5.74) is 10.2. The molecule has 5 N–H and O–H groups in total. The minimum absolute atomic E-state index is 0.0829. The molecule has 0 spiro atoms. The van der Waals surface area contributed by atoms with Crippen LogP contribution in [0, 0.1) is 0 Å². The van der Waals surface area contributed by atoms with Crippen molar-refractivity contribution in [1.82, 2.24) is 20.3 Å². The molecular weight excluding hydrogens is 358 g/mol. The highest BCUT2D eigenvalue weighted by Crippen LogP contribution is 2.25. The number of hydrogen-bond donors (Lipinski definition) is 4. The van der Waals surface area contributed by atoms with E-state index in [1.54, 1.807) is 18.3 Å². The summed E-state index contributed by atoms with van der Waals surface area (Å²) < 4.78 is 0. The van der Waals surface area contributed by atoms with Gasteiger partial charge in [0.2, 0.25) is 0 Å². The molecule has 3 aromatic rings. The fourth-order valence-corrected chi connectivity index (χ4v) is 3.26. The quantitative estimate of drug-likeness (QED) is 0.531. The number of nitrogens with two attached hydrogens (primary N) is 1. The Morgan fingerprint density at radius 3 is 2.93 bits per heavy atom. The normalized spacial score (nSPS) is 14.2. The number of nitrogens with zero attached hydrogens (tertiary/aromatic N) is 2. The summed E-state index contributed by atoms with van der Waals surface area (Å²) in [6, 6.07) is 9.98. The monoisotopic (exact) mass is 377 g/mol. The second-order valence-electron chi connectivity index (χ2n) is 6.70. The van der Waals surface area contributed by atoms with E-state index in [0.29, 0.717) is 23.6 Å². The van der Waals surface area contributed by atoms with Gasteiger partial charge in [-0.1, -0.05) is 18.2 Å². The summed E-state index contributed by atoms with van der Waals surface area (Å²) in [7, 11) is 0. The zero-order valence-electron chi connectivity index (χ0n) is 15.0. The van der Waals surface area contributed by atoms with E-state index in [9.17, 15) is 9.59 Å². The van der Waals surface area contributed by atoms with E-state index < -0.39 is 12.0 Å². The van der Waals surface area contributed by atoms with Crippen LogP contribution in [-0.2, 0) is 17.6 Å². The minimum atomic E-state index is -1.04. The minimum Gasteiger partial charge on any atom is -0.480 e. The molecule has 2 aromatic heterocycles. The average molecular weight is 377 g/mol. The van der Waals surface area contributed by atoms with Crippen LogP contribution in [0.2, 0.25) is 0 Å². The summed E-state index contributed by atoms with van der Waals surface area (Å²) >= 11 is 0. The number of rotatable bonds is 5. The summed E-state index contributed by atoms with van der Waals surface area (Å²) in [5, 5.41) is 11.8. The van der Waals surface area contributed by atoms with Crippen molar-refractivity contribution < 1.29 is 14.7 Å². The van der Waals surface area contributed by atoms with Crippen molar-refractivity contribution in [3.8, 4) is 22.8 Å². The van der Waals surface area contributed by atoms with Gasteiger partial charge in [-0.2, -0.15) is 0 Å². The molecule has 0 saturated heterocycles. The number of aromatic nitrogens is 3. The summed E-state index contributed by atoms with van der Waals surface area (Å²) in [5.74, 6) is -0.607. The first kappa shape index (κ1) is 17.9. The van der Waals surface area contributed by atoms with Crippen LogP contribution in [0.5, 0.6) is 0 Å². The molecule has 8 heteroatoms. The molecule has 3 heterocycles. The number of aromatic amines is 1. The highest BCUT2D eigenvalue weighted by atomic mass is 16.4. The largest absolute Gasteiger partial charge is 0.480 e. The number of fused-ring (bicyclic) bond motifs is 1. The van der Waals surface area contributed by atoms with Crippen LogP contribution in [0.1, 0.15) is 21.6 Å². The molecular formula is C20H19N5O3. The molecule has 8 nitrogen and oxygen atoms in total. The molecule has 4 rings (SSSR count). The van der Waals surface area contributed by atoms with E-state index in [2.05, 4.69) is 20.3 Å². The number of amides is 1. The van der Waals surface area contributed by atoms with Gasteiger partial charge in [0, 0.05) is 30.4 Å². The van der Waals surface area contributed by atoms with E-state index in [4.69, 9.17) is 10.8 Å². The molecule has 1 aliphatic rings. The van der Waals surface area contributed by atoms with E-state index >= 15 is 0 Å². The van der Waals surface area contributed by atoms with Crippen LogP contribution < -0.4 is 11.1 Å². The van der Waals surface area contributed by atoms with Crippen molar-refractivity contribution in [3.63, 3.8) is 0 Å². The van der Waals surface area contributed by atoms with Crippen molar-refractivity contribution >= 4 is 11.9 Å². The fraction of sp³-hybridized carbons (Fsp3) is 0.200. The van der Waals surface area contributed by atoms with Gasteiger partial charge in [-0.3, -0.25) is 9.59 Å². The number of H-pyrrole nitrogens is 1. The number of carboxylic acids is 1. The maximum atomic E-state index is 12.0. The van der Waals surface area contributed by atoms with Crippen LogP contribution in [-0.4, -0.2) is 44.5 Å². The second kappa shape index (κ2) is 7.24. The number of hydrogen-bond acceptors (Lipinski definition) is 5. The van der Waals surface area contributed by atoms with Crippen LogP contribution in [0.25, 0.3) is 22.8 Å². The lowest BCUT2D eigenvalue weighted by atomic mass is 10.0. The van der Waals surface area contributed by atoms with Crippen molar-refractivity contribution in [2.24, 2.45) is 5.73 Å². The third kappa shape index (κ3) is 3.49. The lowest BCUT2D eigenvalue weighted by molar-refractivity contribution is -0.138. The third-order valence-electron chi connectivity index (χ3n) is 4.69. The van der Waals surface area contributed by atoms with Gasteiger partial charge >= 0.3 is 5.97 Å².